The van der Waals surface area contributed by atoms with E-state index in [1.54, 1.807) is 18.2 Å². The number of carboxylic acid groups (broad SMARTS) is 1. The molecule has 1 aliphatic carbocycles. The van der Waals surface area contributed by atoms with Crippen molar-refractivity contribution in [2.75, 3.05) is 7.11 Å². The number of ether oxygens (including phenoxy) is 1. The van der Waals surface area contributed by atoms with Gasteiger partial charge in [-0.3, -0.25) is 9.59 Å². The predicted molar refractivity (Wildman–Crippen MR) is 52.3 cm³/mol. The molecule has 0 saturated heterocycles. The van der Waals surface area contributed by atoms with Gasteiger partial charge in [-0.25, -0.2) is 0 Å². The minimum atomic E-state index is -0.963. The molecule has 78 valence electrons. The Morgan fingerprint density at radius 2 is 2.27 bits per heavy atom. The number of carbonyl (C=O) groups is 2. The lowest BCUT2D eigenvalue weighted by molar-refractivity contribution is -0.138. The van der Waals surface area contributed by atoms with E-state index in [4.69, 9.17) is 9.84 Å². The summed E-state index contributed by atoms with van der Waals surface area (Å²) < 4.78 is 5.00. The molecule has 1 atom stereocenters. The van der Waals surface area contributed by atoms with Crippen molar-refractivity contribution < 1.29 is 19.4 Å². The highest BCUT2D eigenvalue weighted by Crippen LogP contribution is 2.35. The minimum absolute atomic E-state index is 0.0534. The van der Waals surface area contributed by atoms with Crippen molar-refractivity contribution in [3.8, 4) is 5.75 Å². The maximum atomic E-state index is 11.5. The first-order chi connectivity index (χ1) is 7.13. The summed E-state index contributed by atoms with van der Waals surface area (Å²) in [5, 5.41) is 8.95. The topological polar surface area (TPSA) is 63.6 Å². The van der Waals surface area contributed by atoms with Gasteiger partial charge in [0.1, 0.15) is 5.75 Å². The van der Waals surface area contributed by atoms with Gasteiger partial charge in [0.15, 0.2) is 5.78 Å². The first kappa shape index (κ1) is 9.71. The third kappa shape index (κ3) is 1.48. The van der Waals surface area contributed by atoms with Gasteiger partial charge in [-0.15, -0.1) is 0 Å². The number of carbonyl (C=O) groups excluding carboxylic acids is 1. The molecule has 0 bridgehead atoms. The number of fused-ring (bicyclic) bond motifs is 1. The Labute approximate surface area is 86.5 Å². The van der Waals surface area contributed by atoms with Crippen molar-refractivity contribution >= 4 is 11.8 Å². The Morgan fingerprint density at radius 3 is 2.87 bits per heavy atom. The maximum Gasteiger partial charge on any atom is 0.311 e. The number of carboxylic acids is 1. The molecular weight excluding hydrogens is 196 g/mol. The molecule has 0 heterocycles. The Morgan fingerprint density at radius 1 is 1.53 bits per heavy atom. The quantitative estimate of drug-likeness (QED) is 0.795. The van der Waals surface area contributed by atoms with E-state index in [0.29, 0.717) is 16.9 Å². The molecular formula is C11H10O4. The summed E-state index contributed by atoms with van der Waals surface area (Å²) in [6.45, 7) is 0. The molecule has 4 heteroatoms. The summed E-state index contributed by atoms with van der Waals surface area (Å²) in [5.41, 5.74) is 1.06. The Bertz CT molecular complexity index is 436. The van der Waals surface area contributed by atoms with E-state index in [9.17, 15) is 9.59 Å². The molecule has 0 saturated carbocycles. The van der Waals surface area contributed by atoms with Gasteiger partial charge in [0, 0.05) is 12.0 Å². The fourth-order valence-electron chi connectivity index (χ4n) is 1.84. The average Bonchev–Trinajstić information content (AvgIpc) is 2.56. The Balaban J connectivity index is 2.52. The zero-order valence-corrected chi connectivity index (χ0v) is 8.19. The molecule has 2 rings (SSSR count). The van der Waals surface area contributed by atoms with E-state index in [2.05, 4.69) is 0 Å². The van der Waals surface area contributed by atoms with Crippen LogP contribution in [0.4, 0.5) is 0 Å². The van der Waals surface area contributed by atoms with Gasteiger partial charge in [0.05, 0.1) is 13.0 Å². The summed E-state index contributed by atoms with van der Waals surface area (Å²) in [6.07, 6.45) is 0.0534. The first-order valence-electron chi connectivity index (χ1n) is 4.57. The standard InChI is InChI=1S/C11H10O4/c1-15-6-2-3-7-8(4-6)9(11(13)14)5-10(7)12/h2-4,9H,5H2,1H3,(H,13,14)/t9-/m0/s1. The number of rotatable bonds is 2. The minimum Gasteiger partial charge on any atom is -0.497 e. The van der Waals surface area contributed by atoms with Crippen molar-refractivity contribution in [1.29, 1.82) is 0 Å². The number of methoxy groups -OCH3 is 1. The molecule has 4 nitrogen and oxygen atoms in total. The normalized spacial score (nSPS) is 18.7. The number of ketones is 1. The van der Waals surface area contributed by atoms with E-state index in [1.165, 1.54) is 7.11 Å². The Kier molecular flexibility index (Phi) is 2.19. The smallest absolute Gasteiger partial charge is 0.311 e. The average molecular weight is 206 g/mol. The second kappa shape index (κ2) is 3.38. The van der Waals surface area contributed by atoms with Crippen LogP contribution in [0.1, 0.15) is 28.3 Å². The maximum absolute atomic E-state index is 11.5. The van der Waals surface area contributed by atoms with Crippen LogP contribution in [0.2, 0.25) is 0 Å². The van der Waals surface area contributed by atoms with Crippen LogP contribution >= 0.6 is 0 Å². The summed E-state index contributed by atoms with van der Waals surface area (Å²) >= 11 is 0. The molecule has 0 aliphatic heterocycles. The third-order valence-corrected chi connectivity index (χ3v) is 2.62. The van der Waals surface area contributed by atoms with Crippen molar-refractivity contribution in [1.82, 2.24) is 0 Å². The molecule has 0 unspecified atom stereocenters. The lowest BCUT2D eigenvalue weighted by atomic mass is 10.0. The molecule has 1 N–H and O–H groups in total. The highest BCUT2D eigenvalue weighted by atomic mass is 16.5. The third-order valence-electron chi connectivity index (χ3n) is 2.62. The molecule has 0 spiro atoms. The first-order valence-corrected chi connectivity index (χ1v) is 4.57. The van der Waals surface area contributed by atoms with Crippen LogP contribution in [0.15, 0.2) is 18.2 Å². The van der Waals surface area contributed by atoms with Gasteiger partial charge in [-0.1, -0.05) is 0 Å². The number of hydrogen-bond acceptors (Lipinski definition) is 3. The van der Waals surface area contributed by atoms with Crippen molar-refractivity contribution in [2.24, 2.45) is 0 Å². The highest BCUT2D eigenvalue weighted by Gasteiger charge is 2.34. The highest BCUT2D eigenvalue weighted by molar-refractivity contribution is 6.05. The number of Topliss-reactive ketones (excluding diaryl/α,β-unsaturated/α-hetero) is 1. The Hall–Kier alpha value is -1.84. The summed E-state index contributed by atoms with van der Waals surface area (Å²) in [7, 11) is 1.51. The monoisotopic (exact) mass is 206 g/mol. The lowest BCUT2D eigenvalue weighted by Gasteiger charge is -2.06. The SMILES string of the molecule is COc1ccc2c(c1)[C@@H](C(=O)O)CC2=O. The number of aliphatic carboxylic acids is 1. The van der Waals surface area contributed by atoms with Gasteiger partial charge >= 0.3 is 5.97 Å². The lowest BCUT2D eigenvalue weighted by Crippen LogP contribution is -2.08. The fraction of sp³-hybridized carbons (Fsp3) is 0.273. The number of benzene rings is 1. The summed E-state index contributed by atoms with van der Waals surface area (Å²) in [6, 6.07) is 4.92. The zero-order valence-electron chi connectivity index (χ0n) is 8.19. The molecule has 1 aromatic rings. The predicted octanol–water partition coefficient (Wildman–Crippen LogP) is 1.45. The van der Waals surface area contributed by atoms with Crippen LogP contribution in [0.3, 0.4) is 0 Å². The van der Waals surface area contributed by atoms with E-state index in [1.807, 2.05) is 0 Å². The molecule has 1 aliphatic rings. The second-order valence-corrected chi connectivity index (χ2v) is 3.47. The molecule has 15 heavy (non-hydrogen) atoms. The molecule has 0 aromatic heterocycles. The summed E-state index contributed by atoms with van der Waals surface area (Å²) in [4.78, 5) is 22.4. The van der Waals surface area contributed by atoms with Crippen LogP contribution in [0.5, 0.6) is 5.75 Å². The van der Waals surface area contributed by atoms with Gasteiger partial charge in [0.2, 0.25) is 0 Å². The van der Waals surface area contributed by atoms with Crippen LogP contribution in [-0.2, 0) is 4.79 Å². The van der Waals surface area contributed by atoms with Crippen LogP contribution < -0.4 is 4.74 Å². The van der Waals surface area contributed by atoms with Crippen LogP contribution in [0, 0.1) is 0 Å². The van der Waals surface area contributed by atoms with E-state index < -0.39 is 11.9 Å². The number of hydrogen-bond donors (Lipinski definition) is 1. The van der Waals surface area contributed by atoms with Crippen molar-refractivity contribution in [2.45, 2.75) is 12.3 Å². The van der Waals surface area contributed by atoms with E-state index in [-0.39, 0.29) is 12.2 Å². The second-order valence-electron chi connectivity index (χ2n) is 3.47. The largest absolute Gasteiger partial charge is 0.497 e. The van der Waals surface area contributed by atoms with Crippen molar-refractivity contribution in [3.05, 3.63) is 29.3 Å². The van der Waals surface area contributed by atoms with E-state index >= 15 is 0 Å². The zero-order chi connectivity index (χ0) is 11.0. The van der Waals surface area contributed by atoms with Crippen LogP contribution in [0.25, 0.3) is 0 Å². The molecule has 0 fully saturated rings. The fourth-order valence-corrected chi connectivity index (χ4v) is 1.84. The molecule has 1 aromatic carbocycles. The van der Waals surface area contributed by atoms with Crippen LogP contribution in [-0.4, -0.2) is 24.0 Å². The van der Waals surface area contributed by atoms with Crippen molar-refractivity contribution in [3.63, 3.8) is 0 Å². The van der Waals surface area contributed by atoms with Gasteiger partial charge in [0.25, 0.3) is 0 Å². The van der Waals surface area contributed by atoms with Gasteiger partial charge in [-0.2, -0.15) is 0 Å². The van der Waals surface area contributed by atoms with Gasteiger partial charge < -0.3 is 9.84 Å². The van der Waals surface area contributed by atoms with E-state index in [0.717, 1.165) is 0 Å². The summed E-state index contributed by atoms with van der Waals surface area (Å²) in [5.74, 6) is -1.22. The van der Waals surface area contributed by atoms with Gasteiger partial charge in [-0.05, 0) is 23.8 Å². The molecule has 0 radical (unpaired) electrons. The molecule has 0 amide bonds.